The standard InChI is InChI=1S/C11H16FN/c1-3-4-5-7-11(12)8-6-9-13(2)10-11/h4-5,7H,1,6,8-10H2,2H3/b7-5+. The van der Waals surface area contributed by atoms with E-state index in [9.17, 15) is 4.39 Å². The highest BCUT2D eigenvalue weighted by Gasteiger charge is 2.30. The Labute approximate surface area is 79.2 Å². The zero-order valence-corrected chi connectivity index (χ0v) is 8.09. The van der Waals surface area contributed by atoms with Gasteiger partial charge in [-0.3, -0.25) is 0 Å². The lowest BCUT2D eigenvalue weighted by molar-refractivity contribution is 0.101. The van der Waals surface area contributed by atoms with Crippen LogP contribution < -0.4 is 0 Å². The van der Waals surface area contributed by atoms with E-state index >= 15 is 0 Å². The number of allylic oxidation sites excluding steroid dienone is 2. The molecule has 0 aromatic carbocycles. The van der Waals surface area contributed by atoms with Crippen LogP contribution in [0.15, 0.2) is 30.5 Å². The van der Waals surface area contributed by atoms with E-state index < -0.39 is 5.67 Å². The van der Waals surface area contributed by atoms with Gasteiger partial charge < -0.3 is 4.90 Å². The summed E-state index contributed by atoms with van der Waals surface area (Å²) in [7, 11) is 1.95. The molecule has 2 heteroatoms. The maximum absolute atomic E-state index is 13.9. The Morgan fingerprint density at radius 3 is 3.00 bits per heavy atom. The third kappa shape index (κ3) is 3.17. The van der Waals surface area contributed by atoms with Crippen molar-refractivity contribution < 1.29 is 4.39 Å². The third-order valence-electron chi connectivity index (χ3n) is 2.27. The minimum Gasteiger partial charge on any atom is -0.303 e. The highest BCUT2D eigenvalue weighted by atomic mass is 19.1. The molecular weight excluding hydrogens is 165 g/mol. The molecule has 0 aliphatic carbocycles. The molecule has 1 unspecified atom stereocenters. The molecule has 1 aliphatic heterocycles. The largest absolute Gasteiger partial charge is 0.303 e. The van der Waals surface area contributed by atoms with E-state index in [1.165, 1.54) is 0 Å². The van der Waals surface area contributed by atoms with Crippen LogP contribution in [0.2, 0.25) is 0 Å². The van der Waals surface area contributed by atoms with E-state index in [1.54, 1.807) is 18.2 Å². The van der Waals surface area contributed by atoms with Crippen molar-refractivity contribution in [2.75, 3.05) is 20.1 Å². The predicted molar refractivity (Wildman–Crippen MR) is 53.4 cm³/mol. The number of piperidine rings is 1. The first-order chi connectivity index (χ1) is 6.16. The predicted octanol–water partition coefficient (Wildman–Crippen LogP) is 2.32. The van der Waals surface area contributed by atoms with Crippen LogP contribution in [0.3, 0.4) is 0 Å². The molecule has 1 atom stereocenters. The van der Waals surface area contributed by atoms with Gasteiger partial charge in [-0.15, -0.1) is 5.73 Å². The summed E-state index contributed by atoms with van der Waals surface area (Å²) >= 11 is 0. The number of halogens is 1. The molecule has 0 spiro atoms. The molecule has 0 saturated carbocycles. The molecule has 1 aliphatic rings. The van der Waals surface area contributed by atoms with Crippen LogP contribution in [0.25, 0.3) is 0 Å². The molecule has 0 aromatic rings. The van der Waals surface area contributed by atoms with Gasteiger partial charge in [0.2, 0.25) is 0 Å². The van der Waals surface area contributed by atoms with Crippen molar-refractivity contribution in [1.82, 2.24) is 4.90 Å². The van der Waals surface area contributed by atoms with Gasteiger partial charge in [-0.1, -0.05) is 12.7 Å². The van der Waals surface area contributed by atoms with Gasteiger partial charge in [0.1, 0.15) is 5.67 Å². The summed E-state index contributed by atoms with van der Waals surface area (Å²) in [6, 6.07) is 0. The molecule has 1 saturated heterocycles. The van der Waals surface area contributed by atoms with Crippen LogP contribution >= 0.6 is 0 Å². The summed E-state index contributed by atoms with van der Waals surface area (Å²) in [5.74, 6) is 0. The van der Waals surface area contributed by atoms with E-state index in [0.717, 1.165) is 13.0 Å². The molecule has 0 bridgehead atoms. The van der Waals surface area contributed by atoms with Gasteiger partial charge in [-0.2, -0.15) is 0 Å². The van der Waals surface area contributed by atoms with Gasteiger partial charge in [0, 0.05) is 6.54 Å². The number of hydrogen-bond acceptors (Lipinski definition) is 1. The Hall–Kier alpha value is -0.850. The Kier molecular flexibility index (Phi) is 3.47. The number of hydrogen-bond donors (Lipinski definition) is 0. The number of alkyl halides is 1. The van der Waals surface area contributed by atoms with Crippen LogP contribution in [-0.4, -0.2) is 30.7 Å². The van der Waals surface area contributed by atoms with Crippen molar-refractivity contribution >= 4 is 0 Å². The molecule has 0 aromatic heterocycles. The zero-order valence-electron chi connectivity index (χ0n) is 8.09. The molecule has 72 valence electrons. The van der Waals surface area contributed by atoms with E-state index in [0.29, 0.717) is 13.0 Å². The van der Waals surface area contributed by atoms with E-state index in [4.69, 9.17) is 0 Å². The average Bonchev–Trinajstić information content (AvgIpc) is 2.04. The fourth-order valence-corrected chi connectivity index (χ4v) is 1.67. The van der Waals surface area contributed by atoms with Crippen LogP contribution in [-0.2, 0) is 0 Å². The van der Waals surface area contributed by atoms with E-state index in [2.05, 4.69) is 12.3 Å². The number of nitrogens with zero attached hydrogens (tertiary/aromatic N) is 1. The van der Waals surface area contributed by atoms with Gasteiger partial charge in [0.25, 0.3) is 0 Å². The van der Waals surface area contributed by atoms with Crippen LogP contribution in [0.4, 0.5) is 4.39 Å². The molecule has 1 fully saturated rings. The summed E-state index contributed by atoms with van der Waals surface area (Å²) in [6.07, 6.45) is 6.48. The number of likely N-dealkylation sites (tertiary alicyclic amines) is 1. The molecule has 0 radical (unpaired) electrons. The van der Waals surface area contributed by atoms with Gasteiger partial charge in [-0.25, -0.2) is 4.39 Å². The topological polar surface area (TPSA) is 3.24 Å². The molecule has 0 N–H and O–H groups in total. The lowest BCUT2D eigenvalue weighted by Crippen LogP contribution is -2.41. The smallest absolute Gasteiger partial charge is 0.142 e. The molecular formula is C11H16FN. The minimum atomic E-state index is -1.15. The van der Waals surface area contributed by atoms with Crippen molar-refractivity contribution in [2.45, 2.75) is 18.5 Å². The molecule has 1 heterocycles. The van der Waals surface area contributed by atoms with Crippen molar-refractivity contribution in [3.05, 3.63) is 30.5 Å². The fourth-order valence-electron chi connectivity index (χ4n) is 1.67. The Morgan fingerprint density at radius 1 is 1.62 bits per heavy atom. The molecule has 13 heavy (non-hydrogen) atoms. The Bertz CT molecular complexity index is 240. The van der Waals surface area contributed by atoms with Crippen LogP contribution in [0.1, 0.15) is 12.8 Å². The third-order valence-corrected chi connectivity index (χ3v) is 2.27. The molecule has 1 nitrogen and oxygen atoms in total. The molecule has 0 amide bonds. The van der Waals surface area contributed by atoms with E-state index in [1.807, 2.05) is 11.9 Å². The first-order valence-corrected chi connectivity index (χ1v) is 4.57. The first kappa shape index (κ1) is 10.2. The van der Waals surface area contributed by atoms with Crippen molar-refractivity contribution in [1.29, 1.82) is 0 Å². The van der Waals surface area contributed by atoms with Crippen LogP contribution in [0.5, 0.6) is 0 Å². The van der Waals surface area contributed by atoms with E-state index in [-0.39, 0.29) is 0 Å². The fraction of sp³-hybridized carbons (Fsp3) is 0.545. The monoisotopic (exact) mass is 181 g/mol. The lowest BCUT2D eigenvalue weighted by Gasteiger charge is -2.33. The lowest BCUT2D eigenvalue weighted by atomic mass is 9.94. The second-order valence-corrected chi connectivity index (χ2v) is 3.61. The quantitative estimate of drug-likeness (QED) is 0.467. The Morgan fingerprint density at radius 2 is 2.38 bits per heavy atom. The van der Waals surface area contributed by atoms with Gasteiger partial charge in [-0.05, 0) is 38.6 Å². The number of rotatable bonds is 2. The van der Waals surface area contributed by atoms with Crippen molar-refractivity contribution in [3.8, 4) is 0 Å². The maximum atomic E-state index is 13.9. The summed E-state index contributed by atoms with van der Waals surface area (Å²) in [6.45, 7) is 4.91. The Balaban J connectivity index is 2.58. The highest BCUT2D eigenvalue weighted by Crippen LogP contribution is 2.25. The summed E-state index contributed by atoms with van der Waals surface area (Å²) < 4.78 is 13.9. The van der Waals surface area contributed by atoms with Crippen molar-refractivity contribution in [3.63, 3.8) is 0 Å². The van der Waals surface area contributed by atoms with Crippen molar-refractivity contribution in [2.24, 2.45) is 0 Å². The molecule has 1 rings (SSSR count). The summed E-state index contributed by atoms with van der Waals surface area (Å²) in [5.41, 5.74) is 1.44. The van der Waals surface area contributed by atoms with Gasteiger partial charge >= 0.3 is 0 Å². The maximum Gasteiger partial charge on any atom is 0.142 e. The van der Waals surface area contributed by atoms with Gasteiger partial charge in [0.15, 0.2) is 0 Å². The summed E-state index contributed by atoms with van der Waals surface area (Å²) in [5, 5.41) is 0. The second-order valence-electron chi connectivity index (χ2n) is 3.61. The zero-order chi connectivity index (χ0) is 9.73. The average molecular weight is 181 g/mol. The SMILES string of the molecule is C=C=C/C=C/C1(F)CCCN(C)C1. The summed E-state index contributed by atoms with van der Waals surface area (Å²) in [4.78, 5) is 2.02. The first-order valence-electron chi connectivity index (χ1n) is 4.57. The normalized spacial score (nSPS) is 30.3. The van der Waals surface area contributed by atoms with Crippen LogP contribution in [0, 0.1) is 0 Å². The van der Waals surface area contributed by atoms with Gasteiger partial charge in [0.05, 0.1) is 0 Å². The highest BCUT2D eigenvalue weighted by molar-refractivity contribution is 5.11. The second kappa shape index (κ2) is 4.40. The minimum absolute atomic E-state index is 0.495.